The average molecular weight is 423 g/mol. The fourth-order valence-electron chi connectivity index (χ4n) is 3.61. The Labute approximate surface area is 180 Å². The maximum absolute atomic E-state index is 11.8. The highest BCUT2D eigenvalue weighted by Crippen LogP contribution is 2.33. The third-order valence-corrected chi connectivity index (χ3v) is 5.22. The normalized spacial score (nSPS) is 18.5. The van der Waals surface area contributed by atoms with Gasteiger partial charge in [0, 0.05) is 25.8 Å². The van der Waals surface area contributed by atoms with Crippen molar-refractivity contribution >= 4 is 17.6 Å². The van der Waals surface area contributed by atoms with Gasteiger partial charge in [-0.2, -0.15) is 0 Å². The van der Waals surface area contributed by atoms with Crippen LogP contribution in [0.2, 0.25) is 0 Å². The summed E-state index contributed by atoms with van der Waals surface area (Å²) in [5, 5.41) is 16.2. The second-order valence-electron chi connectivity index (χ2n) is 7.34. The SMILES string of the molecule is CCOC(=O)C(=N)N1CCN(Cc2ccc([C@H]3COc4cccnc4O3)cc2)CC1=N. The van der Waals surface area contributed by atoms with Crippen molar-refractivity contribution in [3.05, 3.63) is 53.7 Å². The lowest BCUT2D eigenvalue weighted by atomic mass is 10.1. The lowest BCUT2D eigenvalue weighted by Crippen LogP contribution is -2.53. The molecule has 1 saturated heterocycles. The van der Waals surface area contributed by atoms with Crippen LogP contribution in [0.4, 0.5) is 0 Å². The minimum Gasteiger partial charge on any atom is -0.484 e. The number of fused-ring (bicyclic) bond motifs is 1. The van der Waals surface area contributed by atoms with Crippen molar-refractivity contribution < 1.29 is 19.0 Å². The van der Waals surface area contributed by atoms with Gasteiger partial charge >= 0.3 is 5.97 Å². The number of nitrogens with one attached hydrogen (secondary N) is 2. The van der Waals surface area contributed by atoms with Crippen molar-refractivity contribution in [2.75, 3.05) is 32.8 Å². The smallest absolute Gasteiger partial charge is 0.373 e. The van der Waals surface area contributed by atoms with Gasteiger partial charge in [0.05, 0.1) is 13.2 Å². The Balaban J connectivity index is 1.32. The molecule has 0 unspecified atom stereocenters. The number of rotatable bonds is 4. The molecule has 31 heavy (non-hydrogen) atoms. The van der Waals surface area contributed by atoms with Gasteiger partial charge in [0.15, 0.2) is 11.9 Å². The lowest BCUT2D eigenvalue weighted by Gasteiger charge is -2.35. The highest BCUT2D eigenvalue weighted by atomic mass is 16.6. The number of hydrogen-bond donors (Lipinski definition) is 2. The van der Waals surface area contributed by atoms with Gasteiger partial charge in [-0.15, -0.1) is 0 Å². The van der Waals surface area contributed by atoms with Gasteiger partial charge in [-0.25, -0.2) is 9.78 Å². The first-order valence-corrected chi connectivity index (χ1v) is 10.2. The second kappa shape index (κ2) is 9.13. The van der Waals surface area contributed by atoms with E-state index in [9.17, 15) is 4.79 Å². The van der Waals surface area contributed by atoms with Crippen LogP contribution in [0.15, 0.2) is 42.6 Å². The molecule has 2 aliphatic rings. The van der Waals surface area contributed by atoms with E-state index < -0.39 is 5.97 Å². The number of ether oxygens (including phenoxy) is 3. The van der Waals surface area contributed by atoms with Crippen LogP contribution in [0.25, 0.3) is 0 Å². The summed E-state index contributed by atoms with van der Waals surface area (Å²) in [7, 11) is 0. The third kappa shape index (κ3) is 4.66. The van der Waals surface area contributed by atoms with E-state index in [0.717, 1.165) is 11.1 Å². The van der Waals surface area contributed by atoms with Crippen molar-refractivity contribution in [1.29, 1.82) is 10.8 Å². The number of carbonyl (C=O) groups is 1. The molecular weight excluding hydrogens is 398 g/mol. The summed E-state index contributed by atoms with van der Waals surface area (Å²) in [5.74, 6) is 0.421. The van der Waals surface area contributed by atoms with E-state index >= 15 is 0 Å². The van der Waals surface area contributed by atoms with E-state index in [0.29, 0.717) is 44.4 Å². The summed E-state index contributed by atoms with van der Waals surface area (Å²) in [6.45, 7) is 4.45. The molecule has 2 aliphatic heterocycles. The van der Waals surface area contributed by atoms with Crippen LogP contribution in [-0.4, -0.2) is 65.3 Å². The number of nitrogens with zero attached hydrogens (tertiary/aromatic N) is 3. The number of benzene rings is 1. The summed E-state index contributed by atoms with van der Waals surface area (Å²) < 4.78 is 16.6. The van der Waals surface area contributed by atoms with E-state index in [4.69, 9.17) is 25.0 Å². The number of hydrogen-bond acceptors (Lipinski definition) is 8. The van der Waals surface area contributed by atoms with E-state index in [1.54, 1.807) is 13.1 Å². The minimum atomic E-state index is -0.692. The summed E-state index contributed by atoms with van der Waals surface area (Å²) in [5.41, 5.74) is 2.13. The van der Waals surface area contributed by atoms with Crippen LogP contribution in [0.3, 0.4) is 0 Å². The van der Waals surface area contributed by atoms with Crippen LogP contribution in [-0.2, 0) is 16.1 Å². The highest BCUT2D eigenvalue weighted by molar-refractivity contribution is 6.37. The van der Waals surface area contributed by atoms with Crippen molar-refractivity contribution in [2.24, 2.45) is 0 Å². The Morgan fingerprint density at radius 1 is 1.26 bits per heavy atom. The molecule has 0 saturated carbocycles. The molecule has 0 spiro atoms. The van der Waals surface area contributed by atoms with E-state index in [-0.39, 0.29) is 24.4 Å². The molecule has 2 aromatic rings. The number of aromatic nitrogens is 1. The molecule has 1 aromatic heterocycles. The summed E-state index contributed by atoms with van der Waals surface area (Å²) >= 11 is 0. The molecule has 2 N–H and O–H groups in total. The van der Waals surface area contributed by atoms with Crippen LogP contribution in [0.5, 0.6) is 11.6 Å². The molecule has 1 fully saturated rings. The second-order valence-corrected chi connectivity index (χ2v) is 7.34. The third-order valence-electron chi connectivity index (χ3n) is 5.22. The molecule has 0 radical (unpaired) electrons. The minimum absolute atomic E-state index is 0.206. The van der Waals surface area contributed by atoms with Crippen molar-refractivity contribution in [3.8, 4) is 11.6 Å². The zero-order valence-corrected chi connectivity index (χ0v) is 17.3. The van der Waals surface area contributed by atoms with Gasteiger partial charge in [0.1, 0.15) is 12.4 Å². The van der Waals surface area contributed by atoms with E-state index in [1.165, 1.54) is 4.90 Å². The van der Waals surface area contributed by atoms with Gasteiger partial charge in [-0.05, 0) is 30.2 Å². The zero-order valence-electron chi connectivity index (χ0n) is 17.3. The van der Waals surface area contributed by atoms with Crippen molar-refractivity contribution in [1.82, 2.24) is 14.8 Å². The van der Waals surface area contributed by atoms with E-state index in [2.05, 4.69) is 9.88 Å². The first kappa shape index (κ1) is 20.8. The Hall–Kier alpha value is -3.46. The van der Waals surface area contributed by atoms with Gasteiger partial charge in [-0.3, -0.25) is 15.7 Å². The first-order chi connectivity index (χ1) is 15.0. The fraction of sp³-hybridized carbons (Fsp3) is 0.364. The van der Waals surface area contributed by atoms with Gasteiger partial charge in [-0.1, -0.05) is 24.3 Å². The maximum atomic E-state index is 11.8. The molecular formula is C22H25N5O4. The summed E-state index contributed by atoms with van der Waals surface area (Å²) in [4.78, 5) is 19.5. The van der Waals surface area contributed by atoms with Crippen LogP contribution < -0.4 is 9.47 Å². The van der Waals surface area contributed by atoms with Crippen molar-refractivity contribution in [3.63, 3.8) is 0 Å². The first-order valence-electron chi connectivity index (χ1n) is 10.2. The highest BCUT2D eigenvalue weighted by Gasteiger charge is 2.28. The molecule has 162 valence electrons. The zero-order chi connectivity index (χ0) is 21.8. The predicted octanol–water partition coefficient (Wildman–Crippen LogP) is 2.23. The number of amidine groups is 2. The van der Waals surface area contributed by atoms with E-state index in [1.807, 2.05) is 36.4 Å². The maximum Gasteiger partial charge on any atom is 0.373 e. The van der Waals surface area contributed by atoms with Gasteiger partial charge in [0.25, 0.3) is 5.88 Å². The molecule has 1 atom stereocenters. The predicted molar refractivity (Wildman–Crippen MR) is 114 cm³/mol. The number of carbonyl (C=O) groups excluding carboxylic acids is 1. The molecule has 0 aliphatic carbocycles. The number of esters is 1. The monoisotopic (exact) mass is 423 g/mol. The van der Waals surface area contributed by atoms with Crippen LogP contribution in [0.1, 0.15) is 24.2 Å². The fourth-order valence-corrected chi connectivity index (χ4v) is 3.61. The van der Waals surface area contributed by atoms with Crippen LogP contribution >= 0.6 is 0 Å². The summed E-state index contributed by atoms with van der Waals surface area (Å²) in [6, 6.07) is 11.8. The molecule has 0 amide bonds. The topological polar surface area (TPSA) is 112 Å². The van der Waals surface area contributed by atoms with Crippen LogP contribution in [0, 0.1) is 10.8 Å². The lowest BCUT2D eigenvalue weighted by molar-refractivity contribution is -0.135. The molecule has 9 nitrogen and oxygen atoms in total. The number of pyridine rings is 1. The Morgan fingerprint density at radius 2 is 2.06 bits per heavy atom. The molecule has 3 heterocycles. The standard InChI is InChI=1S/C22H25N5O4/c1-2-29-22(28)20(24)27-11-10-26(13-19(27)23)12-15-5-7-16(8-6-15)18-14-30-17-4-3-9-25-21(17)31-18/h3-9,18,23-24H,2,10-14H2,1H3/t18-/m1/s1. The molecule has 0 bridgehead atoms. The Bertz CT molecular complexity index is 978. The molecule has 1 aromatic carbocycles. The molecule has 4 rings (SSSR count). The van der Waals surface area contributed by atoms with Crippen molar-refractivity contribution in [2.45, 2.75) is 19.6 Å². The summed E-state index contributed by atoms with van der Waals surface area (Å²) in [6.07, 6.45) is 1.47. The van der Waals surface area contributed by atoms with Gasteiger partial charge in [0.2, 0.25) is 5.84 Å². The van der Waals surface area contributed by atoms with Gasteiger partial charge < -0.3 is 19.1 Å². The Morgan fingerprint density at radius 3 is 2.81 bits per heavy atom. The molecule has 9 heteroatoms. The largest absolute Gasteiger partial charge is 0.484 e. The average Bonchev–Trinajstić information content (AvgIpc) is 2.79. The Kier molecular flexibility index (Phi) is 6.13. The quantitative estimate of drug-likeness (QED) is 0.441. The number of piperazine rings is 1.